The van der Waals surface area contributed by atoms with Crippen molar-refractivity contribution < 1.29 is 5.21 Å². The molecule has 0 heterocycles. The number of nitrogens with zero attached hydrogens (tertiary/aromatic N) is 1. The van der Waals surface area contributed by atoms with Crippen LogP contribution in [0.3, 0.4) is 0 Å². The molecule has 0 aliphatic rings. The highest BCUT2D eigenvalue weighted by molar-refractivity contribution is 9.10. The molecule has 1 rings (SSSR count). The van der Waals surface area contributed by atoms with E-state index in [1.54, 1.807) is 0 Å². The van der Waals surface area contributed by atoms with Crippen LogP contribution in [0.25, 0.3) is 0 Å². The molecular weight excluding hydrogens is 258 g/mol. The number of benzene rings is 1. The minimum atomic E-state index is -0.206. The van der Waals surface area contributed by atoms with E-state index in [4.69, 9.17) is 10.9 Å². The van der Waals surface area contributed by atoms with Gasteiger partial charge in [-0.15, -0.1) is 0 Å². The van der Waals surface area contributed by atoms with Gasteiger partial charge < -0.3 is 16.3 Å². The summed E-state index contributed by atoms with van der Waals surface area (Å²) >= 11 is 3.44. The van der Waals surface area contributed by atoms with E-state index in [9.17, 15) is 0 Å². The number of hydrogen-bond acceptors (Lipinski definition) is 3. The van der Waals surface area contributed by atoms with Gasteiger partial charge in [0.05, 0.1) is 6.04 Å². The Morgan fingerprint density at radius 2 is 2.27 bits per heavy atom. The van der Waals surface area contributed by atoms with E-state index in [0.717, 1.165) is 15.7 Å². The lowest BCUT2D eigenvalue weighted by Crippen LogP contribution is -2.33. The second kappa shape index (κ2) is 5.02. The Bertz CT molecular complexity index is 379. The summed E-state index contributed by atoms with van der Waals surface area (Å²) < 4.78 is 1.03. The van der Waals surface area contributed by atoms with Gasteiger partial charge in [0.1, 0.15) is 0 Å². The molecule has 0 radical (unpaired) electrons. The molecule has 0 aromatic heterocycles. The largest absolute Gasteiger partial charge is 0.409 e. The molecule has 1 aromatic rings. The summed E-state index contributed by atoms with van der Waals surface area (Å²) in [5, 5.41) is 14.6. The topological polar surface area (TPSA) is 70.6 Å². The average molecular weight is 272 g/mol. The molecule has 5 heteroatoms. The number of anilines is 1. The van der Waals surface area contributed by atoms with Crippen LogP contribution in [-0.2, 0) is 0 Å². The third kappa shape index (κ3) is 2.86. The Morgan fingerprint density at radius 1 is 1.60 bits per heavy atom. The Kier molecular flexibility index (Phi) is 3.96. The highest BCUT2D eigenvalue weighted by Crippen LogP contribution is 2.23. The maximum atomic E-state index is 8.52. The van der Waals surface area contributed by atoms with Crippen LogP contribution in [0.2, 0.25) is 0 Å². The zero-order valence-electron chi connectivity index (χ0n) is 8.66. The normalized spacial score (nSPS) is 13.7. The first-order valence-corrected chi connectivity index (χ1v) is 5.34. The van der Waals surface area contributed by atoms with Crippen LogP contribution in [-0.4, -0.2) is 17.1 Å². The van der Waals surface area contributed by atoms with E-state index in [-0.39, 0.29) is 11.9 Å². The van der Waals surface area contributed by atoms with Crippen molar-refractivity contribution in [3.63, 3.8) is 0 Å². The van der Waals surface area contributed by atoms with E-state index in [1.807, 2.05) is 32.0 Å². The Labute approximate surface area is 97.3 Å². The predicted octanol–water partition coefficient (Wildman–Crippen LogP) is 2.30. The van der Waals surface area contributed by atoms with Crippen LogP contribution in [0.15, 0.2) is 27.8 Å². The first kappa shape index (κ1) is 11.8. The molecule has 4 nitrogen and oxygen atoms in total. The van der Waals surface area contributed by atoms with Gasteiger partial charge in [-0.3, -0.25) is 0 Å². The molecule has 4 N–H and O–H groups in total. The van der Waals surface area contributed by atoms with Crippen molar-refractivity contribution in [2.75, 3.05) is 5.32 Å². The number of hydrogen-bond donors (Lipinski definition) is 3. The maximum Gasteiger partial charge on any atom is 0.161 e. The molecule has 1 unspecified atom stereocenters. The summed E-state index contributed by atoms with van der Waals surface area (Å²) in [6.45, 7) is 3.82. The van der Waals surface area contributed by atoms with Gasteiger partial charge in [0.15, 0.2) is 5.84 Å². The van der Waals surface area contributed by atoms with Crippen molar-refractivity contribution in [1.82, 2.24) is 0 Å². The minimum absolute atomic E-state index is 0.161. The van der Waals surface area contributed by atoms with Gasteiger partial charge in [-0.1, -0.05) is 27.2 Å². The smallest absolute Gasteiger partial charge is 0.161 e. The van der Waals surface area contributed by atoms with Crippen LogP contribution in [0.1, 0.15) is 12.5 Å². The summed E-state index contributed by atoms with van der Waals surface area (Å²) in [5.41, 5.74) is 7.53. The fraction of sp³-hybridized carbons (Fsp3) is 0.300. The number of nitrogens with two attached hydrogens (primary N) is 1. The Hall–Kier alpha value is -1.23. The van der Waals surface area contributed by atoms with Gasteiger partial charge in [0.25, 0.3) is 0 Å². The van der Waals surface area contributed by atoms with Gasteiger partial charge in [0.2, 0.25) is 0 Å². The van der Waals surface area contributed by atoms with E-state index in [0.29, 0.717) is 0 Å². The second-order valence-corrected chi connectivity index (χ2v) is 4.16. The molecular formula is C10H14BrN3O. The molecule has 0 saturated carbocycles. The Morgan fingerprint density at radius 3 is 2.87 bits per heavy atom. The maximum absolute atomic E-state index is 8.52. The van der Waals surface area contributed by atoms with E-state index < -0.39 is 0 Å². The van der Waals surface area contributed by atoms with Crippen molar-refractivity contribution in [2.24, 2.45) is 10.9 Å². The van der Waals surface area contributed by atoms with Crippen molar-refractivity contribution in [1.29, 1.82) is 0 Å². The van der Waals surface area contributed by atoms with Crippen LogP contribution < -0.4 is 11.1 Å². The van der Waals surface area contributed by atoms with Gasteiger partial charge in [0, 0.05) is 10.2 Å². The number of amidine groups is 1. The zero-order chi connectivity index (χ0) is 11.4. The molecule has 82 valence electrons. The highest BCUT2D eigenvalue weighted by atomic mass is 79.9. The zero-order valence-corrected chi connectivity index (χ0v) is 10.2. The molecule has 0 fully saturated rings. The highest BCUT2D eigenvalue weighted by Gasteiger charge is 2.09. The number of rotatable bonds is 3. The standard InChI is InChI=1S/C10H14BrN3O/c1-6-8(11)4-3-5-9(6)13-7(2)10(12)14-15/h3-5,7,13,15H,1-2H3,(H2,12,14). The first-order valence-electron chi connectivity index (χ1n) is 4.55. The first-order chi connectivity index (χ1) is 7.06. The predicted molar refractivity (Wildman–Crippen MR) is 65.4 cm³/mol. The molecule has 0 aliphatic carbocycles. The summed E-state index contributed by atoms with van der Waals surface area (Å²) in [6, 6.07) is 5.64. The van der Waals surface area contributed by atoms with Crippen molar-refractivity contribution >= 4 is 27.5 Å². The lowest BCUT2D eigenvalue weighted by Gasteiger charge is -2.16. The van der Waals surface area contributed by atoms with Crippen LogP contribution in [0.4, 0.5) is 5.69 Å². The van der Waals surface area contributed by atoms with Crippen molar-refractivity contribution in [2.45, 2.75) is 19.9 Å². The average Bonchev–Trinajstić information content (AvgIpc) is 2.23. The number of halogens is 1. The molecule has 15 heavy (non-hydrogen) atoms. The molecule has 0 amide bonds. The van der Waals surface area contributed by atoms with Gasteiger partial charge in [-0.25, -0.2) is 0 Å². The molecule has 1 aromatic carbocycles. The summed E-state index contributed by atoms with van der Waals surface area (Å²) in [6.07, 6.45) is 0. The van der Waals surface area contributed by atoms with Crippen molar-refractivity contribution in [3.8, 4) is 0 Å². The van der Waals surface area contributed by atoms with Gasteiger partial charge in [-0.2, -0.15) is 0 Å². The third-order valence-electron chi connectivity index (χ3n) is 2.20. The summed E-state index contributed by atoms with van der Waals surface area (Å²) in [4.78, 5) is 0. The minimum Gasteiger partial charge on any atom is -0.409 e. The van der Waals surface area contributed by atoms with Gasteiger partial charge >= 0.3 is 0 Å². The lowest BCUT2D eigenvalue weighted by atomic mass is 10.2. The van der Waals surface area contributed by atoms with E-state index >= 15 is 0 Å². The summed E-state index contributed by atoms with van der Waals surface area (Å²) in [5.74, 6) is 0.161. The lowest BCUT2D eigenvalue weighted by molar-refractivity contribution is 0.316. The second-order valence-electron chi connectivity index (χ2n) is 3.30. The monoisotopic (exact) mass is 271 g/mol. The quantitative estimate of drug-likeness (QED) is 0.342. The number of nitrogens with one attached hydrogen (secondary N) is 1. The Balaban J connectivity index is 2.86. The fourth-order valence-electron chi connectivity index (χ4n) is 1.16. The third-order valence-corrected chi connectivity index (χ3v) is 3.06. The SMILES string of the molecule is Cc1c(Br)cccc1NC(C)/C(N)=N/O. The number of oxime groups is 1. The molecule has 0 spiro atoms. The van der Waals surface area contributed by atoms with Crippen LogP contribution >= 0.6 is 15.9 Å². The van der Waals surface area contributed by atoms with Crippen molar-refractivity contribution in [3.05, 3.63) is 28.2 Å². The van der Waals surface area contributed by atoms with E-state index in [2.05, 4.69) is 26.4 Å². The molecule has 1 atom stereocenters. The molecule has 0 saturated heterocycles. The molecule has 0 bridgehead atoms. The fourth-order valence-corrected chi connectivity index (χ4v) is 1.52. The molecule has 0 aliphatic heterocycles. The van der Waals surface area contributed by atoms with Gasteiger partial charge in [-0.05, 0) is 31.5 Å². The van der Waals surface area contributed by atoms with Crippen LogP contribution in [0, 0.1) is 6.92 Å². The summed E-state index contributed by atoms with van der Waals surface area (Å²) in [7, 11) is 0. The van der Waals surface area contributed by atoms with Crippen LogP contribution in [0.5, 0.6) is 0 Å². The van der Waals surface area contributed by atoms with E-state index in [1.165, 1.54) is 0 Å².